The molecule has 25 heteroatoms. The predicted octanol–water partition coefficient (Wildman–Crippen LogP) is 6.63. The number of aryl methyl sites for hydroxylation is 1. The van der Waals surface area contributed by atoms with Gasteiger partial charge in [0.2, 0.25) is 11.9 Å². The molecule has 2 amide bonds. The van der Waals surface area contributed by atoms with E-state index in [1.165, 1.54) is 24.8 Å². The molecule has 2 aliphatic heterocycles. The molecular formula is C49H43ClF2N18O4. The Bertz CT molecular complexity index is 3310. The van der Waals surface area contributed by atoms with E-state index in [1.807, 2.05) is 37.3 Å². The summed E-state index contributed by atoms with van der Waals surface area (Å²) >= 11 is 6.36. The first-order chi connectivity index (χ1) is 36.1. The number of aromatic nitrogens is 10. The average Bonchev–Trinajstić information content (AvgIpc) is 3.43. The highest BCUT2D eigenvalue weighted by molar-refractivity contribution is 6.31. The first kappa shape index (κ1) is 48.5. The van der Waals surface area contributed by atoms with Gasteiger partial charge < -0.3 is 29.9 Å². The number of ether oxygens (including phenoxy) is 2. The molecule has 0 bridgehead atoms. The molecule has 0 radical (unpaired) electrons. The Morgan fingerprint density at radius 2 is 1.24 bits per heavy atom. The number of nitrogens with one attached hydrogen (secondary N) is 6. The maximum atomic E-state index is 15.4. The molecule has 2 aromatic carbocycles. The fraction of sp³-hybridized carbons (Fsp3) is 0.184. The van der Waals surface area contributed by atoms with Crippen molar-refractivity contribution >= 4 is 69.7 Å². The van der Waals surface area contributed by atoms with Crippen molar-refractivity contribution in [2.75, 3.05) is 77.3 Å². The van der Waals surface area contributed by atoms with Gasteiger partial charge in [-0.1, -0.05) is 11.6 Å². The molecule has 2 saturated heterocycles. The van der Waals surface area contributed by atoms with Crippen molar-refractivity contribution in [3.05, 3.63) is 156 Å². The molecule has 374 valence electrons. The average molecular weight is 1020 g/mol. The molecule has 0 saturated carbocycles. The van der Waals surface area contributed by atoms with Gasteiger partial charge in [-0.05, 0) is 85.3 Å². The van der Waals surface area contributed by atoms with Gasteiger partial charge in [0, 0.05) is 59.6 Å². The summed E-state index contributed by atoms with van der Waals surface area (Å²) in [5.41, 5.74) is 16.8. The normalized spacial score (nSPS) is 14.5. The van der Waals surface area contributed by atoms with Crippen LogP contribution in [0.3, 0.4) is 0 Å². The second kappa shape index (κ2) is 22.1. The lowest BCUT2D eigenvalue weighted by molar-refractivity contribution is 0.0364. The number of carbonyl (C=O) groups excluding carboxylic acids is 2. The van der Waals surface area contributed by atoms with Crippen LogP contribution in [0.15, 0.2) is 116 Å². The number of hydrazine groups is 2. The number of carbonyl (C=O) groups is 2. The molecule has 6 N–H and O–H groups in total. The van der Waals surface area contributed by atoms with Crippen LogP contribution in [0.4, 0.5) is 55.1 Å². The Kier molecular flexibility index (Phi) is 14.5. The molecule has 74 heavy (non-hydrogen) atoms. The van der Waals surface area contributed by atoms with Crippen molar-refractivity contribution in [3.8, 4) is 22.6 Å². The van der Waals surface area contributed by atoms with E-state index in [2.05, 4.69) is 82.2 Å². The fourth-order valence-corrected chi connectivity index (χ4v) is 8.15. The fourth-order valence-electron chi connectivity index (χ4n) is 7.92. The maximum Gasteiger partial charge on any atom is 0.288 e. The lowest BCUT2D eigenvalue weighted by Gasteiger charge is -2.33. The van der Waals surface area contributed by atoms with Gasteiger partial charge in [0.1, 0.15) is 23.8 Å². The zero-order valence-electron chi connectivity index (χ0n) is 39.1. The van der Waals surface area contributed by atoms with Crippen LogP contribution in [0, 0.1) is 18.6 Å². The SMILES string of the molecule is Cc1cc(Nc2ccc(C(=O)NNc3ncc(F)c(N4CCOCC4)n3)nc2)cc(-c2cc(C3CN(c4nc(NNC(=O)c5ccc(Nc6cc(Cl)cc(-c7ncccn7)c6)cn5)ncc4F)CCO3)ncn2)c1. The topological polar surface area (TPSA) is 260 Å². The van der Waals surface area contributed by atoms with E-state index >= 15 is 4.39 Å². The van der Waals surface area contributed by atoms with E-state index in [0.29, 0.717) is 72.1 Å². The van der Waals surface area contributed by atoms with Crippen LogP contribution in [0.25, 0.3) is 22.6 Å². The summed E-state index contributed by atoms with van der Waals surface area (Å²) < 4.78 is 41.3. The minimum atomic E-state index is -0.668. The molecule has 8 aromatic rings. The number of anilines is 8. The van der Waals surface area contributed by atoms with Crippen LogP contribution in [-0.4, -0.2) is 108 Å². The van der Waals surface area contributed by atoms with Crippen molar-refractivity contribution in [1.82, 2.24) is 60.7 Å². The van der Waals surface area contributed by atoms with Gasteiger partial charge in [0.05, 0.1) is 73.9 Å². The lowest BCUT2D eigenvalue weighted by atomic mass is 10.0. The summed E-state index contributed by atoms with van der Waals surface area (Å²) in [6.45, 7) is 4.58. The Balaban J connectivity index is 0.738. The Morgan fingerprint density at radius 3 is 1.88 bits per heavy atom. The molecular weight excluding hydrogens is 978 g/mol. The second-order valence-electron chi connectivity index (χ2n) is 16.6. The zero-order valence-corrected chi connectivity index (χ0v) is 39.9. The summed E-state index contributed by atoms with van der Waals surface area (Å²) in [4.78, 5) is 72.2. The Morgan fingerprint density at radius 1 is 0.635 bits per heavy atom. The van der Waals surface area contributed by atoms with Crippen molar-refractivity contribution in [1.29, 1.82) is 0 Å². The maximum absolute atomic E-state index is 15.4. The van der Waals surface area contributed by atoms with Gasteiger partial charge in [-0.25, -0.2) is 48.7 Å². The van der Waals surface area contributed by atoms with Gasteiger partial charge in [0.15, 0.2) is 29.1 Å². The standard InChI is InChI=1S/C49H43ClF2N18O4/c1-28-15-29(18-34(16-28)61-32-3-5-38(55-22-32)46(71)65-67-48-57-24-36(51)44(63-48)69-9-12-73-13-10-69)40-21-41(60-27-59-40)42-26-70(11-14-74-42)45-37(52)25-58-49(64-45)68-66-47(72)39-6-4-33(23-56-39)62-35-19-30(17-31(50)20-35)43-53-7-2-8-54-43/h2-8,15-25,27,42,61-62H,9-14,26H2,1H3,(H,65,71)(H,66,72)(H,57,63,67)(H,58,64,68). The summed E-state index contributed by atoms with van der Waals surface area (Å²) in [7, 11) is 0. The highest BCUT2D eigenvalue weighted by Gasteiger charge is 2.27. The monoisotopic (exact) mass is 1020 g/mol. The first-order valence-electron chi connectivity index (χ1n) is 22.9. The molecule has 6 aromatic heterocycles. The van der Waals surface area contributed by atoms with E-state index in [-0.39, 0.29) is 48.1 Å². The predicted molar refractivity (Wildman–Crippen MR) is 270 cm³/mol. The lowest BCUT2D eigenvalue weighted by Crippen LogP contribution is -2.40. The molecule has 1 unspecified atom stereocenters. The van der Waals surface area contributed by atoms with Crippen LogP contribution in [-0.2, 0) is 9.47 Å². The number of amides is 2. The molecule has 2 aliphatic rings. The molecule has 0 spiro atoms. The first-order valence-corrected chi connectivity index (χ1v) is 23.3. The summed E-state index contributed by atoms with van der Waals surface area (Å²) in [5, 5.41) is 7.04. The third-order valence-corrected chi connectivity index (χ3v) is 11.6. The van der Waals surface area contributed by atoms with Crippen molar-refractivity contribution < 1.29 is 27.8 Å². The van der Waals surface area contributed by atoms with E-state index in [4.69, 9.17) is 21.1 Å². The van der Waals surface area contributed by atoms with Crippen LogP contribution in [0.5, 0.6) is 0 Å². The largest absolute Gasteiger partial charge is 0.378 e. The third kappa shape index (κ3) is 11.8. The van der Waals surface area contributed by atoms with Crippen LogP contribution < -0.4 is 42.1 Å². The van der Waals surface area contributed by atoms with E-state index in [9.17, 15) is 14.0 Å². The molecule has 22 nitrogen and oxygen atoms in total. The number of nitrogens with zero attached hydrogens (tertiary/aromatic N) is 12. The number of hydrogen-bond donors (Lipinski definition) is 6. The number of benzene rings is 2. The van der Waals surface area contributed by atoms with Gasteiger partial charge in [-0.3, -0.25) is 31.3 Å². The number of morpholine rings is 2. The van der Waals surface area contributed by atoms with E-state index in [0.717, 1.165) is 34.8 Å². The second-order valence-corrected chi connectivity index (χ2v) is 17.1. The Labute approximate surface area is 425 Å². The summed E-state index contributed by atoms with van der Waals surface area (Å²) in [5.74, 6) is -1.78. The van der Waals surface area contributed by atoms with Gasteiger partial charge in [-0.2, -0.15) is 9.97 Å². The quantitative estimate of drug-likeness (QED) is 0.0589. The highest BCUT2D eigenvalue weighted by atomic mass is 35.5. The van der Waals surface area contributed by atoms with Crippen LogP contribution in [0.2, 0.25) is 5.02 Å². The van der Waals surface area contributed by atoms with Gasteiger partial charge in [0.25, 0.3) is 11.8 Å². The van der Waals surface area contributed by atoms with Crippen molar-refractivity contribution in [2.24, 2.45) is 0 Å². The number of pyridine rings is 2. The van der Waals surface area contributed by atoms with Crippen LogP contribution >= 0.6 is 11.6 Å². The van der Waals surface area contributed by atoms with Gasteiger partial charge in [-0.15, -0.1) is 0 Å². The minimum absolute atomic E-state index is 0.00269. The number of hydrogen-bond acceptors (Lipinski definition) is 20. The van der Waals surface area contributed by atoms with Crippen LogP contribution in [0.1, 0.15) is 38.3 Å². The smallest absolute Gasteiger partial charge is 0.288 e. The van der Waals surface area contributed by atoms with Crippen molar-refractivity contribution in [3.63, 3.8) is 0 Å². The summed E-state index contributed by atoms with van der Waals surface area (Å²) in [6, 6.07) is 21.2. The molecule has 0 aliphatic carbocycles. The number of halogens is 3. The summed E-state index contributed by atoms with van der Waals surface area (Å²) in [6.07, 6.45) is 9.24. The Hall–Kier alpha value is -9.13. The van der Waals surface area contributed by atoms with E-state index < -0.39 is 29.6 Å². The molecule has 10 rings (SSSR count). The minimum Gasteiger partial charge on any atom is -0.378 e. The molecule has 2 fully saturated rings. The van der Waals surface area contributed by atoms with E-state index in [1.54, 1.807) is 58.6 Å². The van der Waals surface area contributed by atoms with Crippen molar-refractivity contribution in [2.45, 2.75) is 13.0 Å². The third-order valence-electron chi connectivity index (χ3n) is 11.4. The molecule has 8 heterocycles. The number of rotatable bonds is 15. The molecule has 1 atom stereocenters. The highest BCUT2D eigenvalue weighted by Crippen LogP contribution is 2.31. The van der Waals surface area contributed by atoms with Gasteiger partial charge >= 0.3 is 0 Å². The zero-order chi connectivity index (χ0) is 51.0.